The number of aromatic nitrogens is 2. The molecule has 7 heteroatoms. The maximum atomic E-state index is 13.9. The molecule has 0 bridgehead atoms. The number of urea groups is 1. The third-order valence-electron chi connectivity index (χ3n) is 7.26. The number of carbonyl (C=O) groups excluding carboxylic acids is 1. The number of anilines is 2. The number of nitrogens with one attached hydrogen (secondary N) is 1. The zero-order valence-electron chi connectivity index (χ0n) is 23.5. The summed E-state index contributed by atoms with van der Waals surface area (Å²) in [4.78, 5) is 27.0. The highest BCUT2D eigenvalue weighted by atomic mass is 19.1. The standard InChI is InChI=1S/C31H40FN5O/c1-7-28-27(19-23-10-8-11-24(32)18-23)30(34-22(6)33-28)36-14-16-37(17-15-36)31(38)35-29-25(20(2)3)12-9-13-26(29)21(4)5/h8-13,18,20-21H,7,14-17,19H2,1-6H3,(H,35,38). The number of hydrogen-bond donors (Lipinski definition) is 1. The molecule has 0 saturated carbocycles. The van der Waals surface area contributed by atoms with E-state index >= 15 is 0 Å². The first kappa shape index (κ1) is 27.6. The summed E-state index contributed by atoms with van der Waals surface area (Å²) in [5.74, 6) is 2.00. The van der Waals surface area contributed by atoms with Gasteiger partial charge >= 0.3 is 6.03 Å². The molecule has 38 heavy (non-hydrogen) atoms. The van der Waals surface area contributed by atoms with Crippen LogP contribution in [-0.2, 0) is 12.8 Å². The van der Waals surface area contributed by atoms with E-state index in [2.05, 4.69) is 63.0 Å². The molecular weight excluding hydrogens is 477 g/mol. The lowest BCUT2D eigenvalue weighted by molar-refractivity contribution is 0.208. The monoisotopic (exact) mass is 517 g/mol. The number of hydrogen-bond acceptors (Lipinski definition) is 4. The van der Waals surface area contributed by atoms with Crippen molar-refractivity contribution in [2.45, 2.75) is 66.2 Å². The first-order chi connectivity index (χ1) is 18.2. The van der Waals surface area contributed by atoms with Crippen LogP contribution in [0.4, 0.5) is 20.7 Å². The van der Waals surface area contributed by atoms with E-state index in [-0.39, 0.29) is 11.8 Å². The minimum absolute atomic E-state index is 0.0623. The second kappa shape index (κ2) is 11.9. The lowest BCUT2D eigenvalue weighted by Crippen LogP contribution is -2.50. The van der Waals surface area contributed by atoms with Crippen molar-refractivity contribution in [3.05, 3.63) is 82.1 Å². The average molecular weight is 518 g/mol. The fourth-order valence-corrected chi connectivity index (χ4v) is 5.23. The maximum absolute atomic E-state index is 13.9. The smallest absolute Gasteiger partial charge is 0.321 e. The number of rotatable bonds is 7. The van der Waals surface area contributed by atoms with Crippen molar-refractivity contribution in [1.82, 2.24) is 14.9 Å². The number of benzene rings is 2. The molecule has 1 aliphatic heterocycles. The number of amides is 2. The summed E-state index contributed by atoms with van der Waals surface area (Å²) in [6.07, 6.45) is 1.35. The summed E-state index contributed by atoms with van der Waals surface area (Å²) in [7, 11) is 0. The number of carbonyl (C=O) groups is 1. The fraction of sp³-hybridized carbons (Fsp3) is 0.452. The first-order valence-corrected chi connectivity index (χ1v) is 13.7. The molecule has 4 rings (SSSR count). The number of piperazine rings is 1. The Morgan fingerprint density at radius 3 is 2.18 bits per heavy atom. The van der Waals surface area contributed by atoms with Gasteiger partial charge in [0.2, 0.25) is 0 Å². The zero-order valence-corrected chi connectivity index (χ0v) is 23.5. The van der Waals surface area contributed by atoms with Gasteiger partial charge in [0.05, 0.1) is 0 Å². The molecule has 2 heterocycles. The van der Waals surface area contributed by atoms with Gasteiger partial charge < -0.3 is 15.1 Å². The molecule has 6 nitrogen and oxygen atoms in total. The molecule has 3 aromatic rings. The Labute approximate surface area is 226 Å². The van der Waals surface area contributed by atoms with Crippen molar-refractivity contribution in [2.24, 2.45) is 0 Å². The predicted octanol–water partition coefficient (Wildman–Crippen LogP) is 6.68. The molecule has 1 aliphatic rings. The quantitative estimate of drug-likeness (QED) is 0.380. The molecule has 1 saturated heterocycles. The van der Waals surface area contributed by atoms with Gasteiger partial charge in [0.25, 0.3) is 0 Å². The van der Waals surface area contributed by atoms with Crippen LogP contribution in [0.5, 0.6) is 0 Å². The van der Waals surface area contributed by atoms with Crippen LogP contribution in [0.1, 0.15) is 80.2 Å². The number of para-hydroxylation sites is 1. The summed E-state index contributed by atoms with van der Waals surface area (Å²) in [6.45, 7) is 15.2. The Kier molecular flexibility index (Phi) is 8.65. The van der Waals surface area contributed by atoms with Gasteiger partial charge in [-0.15, -0.1) is 0 Å². The molecule has 1 aromatic heterocycles. The molecular formula is C31H40FN5O. The van der Waals surface area contributed by atoms with E-state index in [1.165, 1.54) is 6.07 Å². The van der Waals surface area contributed by atoms with Gasteiger partial charge in [-0.25, -0.2) is 19.2 Å². The number of nitrogens with zero attached hydrogens (tertiary/aromatic N) is 4. The zero-order chi connectivity index (χ0) is 27.4. The molecule has 0 aliphatic carbocycles. The minimum atomic E-state index is -0.241. The highest BCUT2D eigenvalue weighted by Gasteiger charge is 2.26. The molecule has 202 valence electrons. The van der Waals surface area contributed by atoms with E-state index < -0.39 is 0 Å². The predicted molar refractivity (Wildman–Crippen MR) is 153 cm³/mol. The molecule has 2 amide bonds. The van der Waals surface area contributed by atoms with Gasteiger partial charge in [0.15, 0.2) is 0 Å². The highest BCUT2D eigenvalue weighted by molar-refractivity contribution is 5.91. The molecule has 0 spiro atoms. The van der Waals surface area contributed by atoms with Gasteiger partial charge in [-0.3, -0.25) is 0 Å². The van der Waals surface area contributed by atoms with Crippen molar-refractivity contribution < 1.29 is 9.18 Å². The summed E-state index contributed by atoms with van der Waals surface area (Å²) in [6, 6.07) is 12.9. The van der Waals surface area contributed by atoms with Crippen LogP contribution in [0.2, 0.25) is 0 Å². The van der Waals surface area contributed by atoms with Gasteiger partial charge in [0.1, 0.15) is 17.5 Å². The van der Waals surface area contributed by atoms with Crippen LogP contribution in [0, 0.1) is 12.7 Å². The fourth-order valence-electron chi connectivity index (χ4n) is 5.23. The summed E-state index contributed by atoms with van der Waals surface area (Å²) in [5.41, 5.74) is 6.19. The second-order valence-corrected chi connectivity index (χ2v) is 10.7. The topological polar surface area (TPSA) is 61.4 Å². The molecule has 1 N–H and O–H groups in total. The third kappa shape index (κ3) is 6.14. The van der Waals surface area contributed by atoms with Gasteiger partial charge in [-0.1, -0.05) is 65.0 Å². The Balaban J connectivity index is 1.53. The lowest BCUT2D eigenvalue weighted by atomic mass is 9.93. The van der Waals surface area contributed by atoms with Gasteiger partial charge in [-0.05, 0) is 54.0 Å². The van der Waals surface area contributed by atoms with Crippen molar-refractivity contribution in [3.63, 3.8) is 0 Å². The maximum Gasteiger partial charge on any atom is 0.321 e. The number of halogens is 1. The second-order valence-electron chi connectivity index (χ2n) is 10.7. The summed E-state index contributed by atoms with van der Waals surface area (Å²) in [5, 5.41) is 3.25. The molecule has 0 radical (unpaired) electrons. The van der Waals surface area contributed by atoms with Crippen LogP contribution in [0.25, 0.3) is 0 Å². The Hall–Kier alpha value is -3.48. The van der Waals surface area contributed by atoms with Crippen LogP contribution in [0.15, 0.2) is 42.5 Å². The van der Waals surface area contributed by atoms with Crippen LogP contribution < -0.4 is 10.2 Å². The van der Waals surface area contributed by atoms with Gasteiger partial charge in [-0.2, -0.15) is 0 Å². The molecule has 2 aromatic carbocycles. The van der Waals surface area contributed by atoms with E-state index in [0.29, 0.717) is 44.4 Å². The van der Waals surface area contributed by atoms with Crippen LogP contribution in [-0.4, -0.2) is 47.1 Å². The Bertz CT molecular complexity index is 1260. The number of aryl methyl sites for hydroxylation is 2. The minimum Gasteiger partial charge on any atom is -0.353 e. The van der Waals surface area contributed by atoms with Crippen LogP contribution >= 0.6 is 0 Å². The van der Waals surface area contributed by atoms with E-state index in [9.17, 15) is 9.18 Å². The Morgan fingerprint density at radius 2 is 1.61 bits per heavy atom. The molecule has 0 atom stereocenters. The van der Waals surface area contributed by atoms with Crippen molar-refractivity contribution in [1.29, 1.82) is 0 Å². The Morgan fingerprint density at radius 1 is 0.974 bits per heavy atom. The molecule has 0 unspecified atom stereocenters. The van der Waals surface area contributed by atoms with E-state index in [0.717, 1.165) is 51.7 Å². The largest absolute Gasteiger partial charge is 0.353 e. The highest BCUT2D eigenvalue weighted by Crippen LogP contribution is 2.33. The SMILES string of the molecule is CCc1nc(C)nc(N2CCN(C(=O)Nc3c(C(C)C)cccc3C(C)C)CC2)c1Cc1cccc(F)c1. The van der Waals surface area contributed by atoms with E-state index in [4.69, 9.17) is 9.97 Å². The van der Waals surface area contributed by atoms with Gasteiger partial charge in [0, 0.05) is 49.5 Å². The van der Waals surface area contributed by atoms with E-state index in [1.54, 1.807) is 12.1 Å². The van der Waals surface area contributed by atoms with Crippen LogP contribution in [0.3, 0.4) is 0 Å². The van der Waals surface area contributed by atoms with E-state index in [1.807, 2.05) is 17.9 Å². The summed E-state index contributed by atoms with van der Waals surface area (Å²) >= 11 is 0. The summed E-state index contributed by atoms with van der Waals surface area (Å²) < 4.78 is 13.9. The third-order valence-corrected chi connectivity index (χ3v) is 7.26. The molecule has 1 fully saturated rings. The van der Waals surface area contributed by atoms with Crippen molar-refractivity contribution in [2.75, 3.05) is 36.4 Å². The van der Waals surface area contributed by atoms with Crippen molar-refractivity contribution >= 4 is 17.5 Å². The normalized spacial score (nSPS) is 13.9. The van der Waals surface area contributed by atoms with Crippen molar-refractivity contribution in [3.8, 4) is 0 Å². The average Bonchev–Trinajstić information content (AvgIpc) is 2.89. The lowest BCUT2D eigenvalue weighted by Gasteiger charge is -2.37. The first-order valence-electron chi connectivity index (χ1n) is 13.7.